The lowest BCUT2D eigenvalue weighted by molar-refractivity contribution is 0.0568. The fourth-order valence-electron chi connectivity index (χ4n) is 6.75. The molecule has 2 aliphatic rings. The first-order chi connectivity index (χ1) is 18.0. The van der Waals surface area contributed by atoms with Crippen molar-refractivity contribution in [2.45, 2.75) is 71.9 Å². The van der Waals surface area contributed by atoms with Crippen LogP contribution >= 0.6 is 0 Å². The molecule has 37 heavy (non-hydrogen) atoms. The Morgan fingerprint density at radius 2 is 1.62 bits per heavy atom. The molecule has 5 rings (SSSR count). The molecule has 3 aromatic rings. The van der Waals surface area contributed by atoms with E-state index in [0.29, 0.717) is 12.0 Å². The van der Waals surface area contributed by atoms with Crippen LogP contribution in [-0.2, 0) is 6.54 Å². The van der Waals surface area contributed by atoms with Gasteiger partial charge in [-0.25, -0.2) is 0 Å². The summed E-state index contributed by atoms with van der Waals surface area (Å²) in [6.45, 7) is 15.6. The number of nitrogens with one attached hydrogen (secondary N) is 1. The number of likely N-dealkylation sites (tertiary alicyclic amines) is 1. The first kappa shape index (κ1) is 26.0. The molecular formula is C32H44N4O. The third-order valence-corrected chi connectivity index (χ3v) is 8.88. The Morgan fingerprint density at radius 3 is 2.30 bits per heavy atom. The maximum Gasteiger partial charge on any atom is 0.270 e. The van der Waals surface area contributed by atoms with Crippen molar-refractivity contribution in [3.8, 4) is 0 Å². The number of para-hydroxylation sites is 1. The molecule has 1 unspecified atom stereocenters. The minimum absolute atomic E-state index is 0.166. The van der Waals surface area contributed by atoms with E-state index in [9.17, 15) is 4.79 Å². The van der Waals surface area contributed by atoms with E-state index in [1.165, 1.54) is 47.8 Å². The van der Waals surface area contributed by atoms with Crippen molar-refractivity contribution in [3.63, 3.8) is 0 Å². The van der Waals surface area contributed by atoms with E-state index in [4.69, 9.17) is 0 Å². The van der Waals surface area contributed by atoms with E-state index in [-0.39, 0.29) is 5.91 Å². The van der Waals surface area contributed by atoms with Gasteiger partial charge in [0.2, 0.25) is 0 Å². The lowest BCUT2D eigenvalue weighted by Gasteiger charge is -2.38. The molecular weight excluding hydrogens is 456 g/mol. The van der Waals surface area contributed by atoms with Crippen LogP contribution in [0, 0.1) is 13.8 Å². The van der Waals surface area contributed by atoms with Gasteiger partial charge >= 0.3 is 0 Å². The Labute approximate surface area is 222 Å². The van der Waals surface area contributed by atoms with Crippen molar-refractivity contribution >= 4 is 16.8 Å². The highest BCUT2D eigenvalue weighted by atomic mass is 16.2. The Hall–Kier alpha value is -2.63. The van der Waals surface area contributed by atoms with Crippen LogP contribution in [0.4, 0.5) is 0 Å². The number of piperidine rings is 1. The molecule has 2 fully saturated rings. The van der Waals surface area contributed by atoms with Gasteiger partial charge in [0, 0.05) is 55.2 Å². The maximum absolute atomic E-state index is 13.8. The topological polar surface area (TPSA) is 42.6 Å². The molecule has 3 heterocycles. The Morgan fingerprint density at radius 1 is 0.946 bits per heavy atom. The number of aryl methyl sites for hydroxylation is 2. The molecule has 2 aromatic carbocycles. The van der Waals surface area contributed by atoms with Crippen molar-refractivity contribution < 1.29 is 4.79 Å². The summed E-state index contributed by atoms with van der Waals surface area (Å²) in [5.74, 6) is 0.798. The van der Waals surface area contributed by atoms with Crippen LogP contribution in [0.3, 0.4) is 0 Å². The number of amides is 1. The van der Waals surface area contributed by atoms with E-state index in [0.717, 1.165) is 57.0 Å². The number of fused-ring (bicyclic) bond motifs is 1. The van der Waals surface area contributed by atoms with Crippen LogP contribution in [0.25, 0.3) is 10.9 Å². The van der Waals surface area contributed by atoms with Gasteiger partial charge in [-0.3, -0.25) is 14.6 Å². The number of benzene rings is 2. The summed E-state index contributed by atoms with van der Waals surface area (Å²) in [5, 5.41) is 1.19. The van der Waals surface area contributed by atoms with Gasteiger partial charge in [-0.2, -0.15) is 0 Å². The van der Waals surface area contributed by atoms with Crippen molar-refractivity contribution in [2.75, 3.05) is 39.3 Å². The average molecular weight is 501 g/mol. The van der Waals surface area contributed by atoms with Crippen LogP contribution in [0.1, 0.15) is 78.2 Å². The molecule has 0 radical (unpaired) electrons. The number of piperazine rings is 1. The molecule has 1 N–H and O–H groups in total. The maximum atomic E-state index is 13.8. The van der Waals surface area contributed by atoms with Gasteiger partial charge in [0.05, 0.1) is 0 Å². The van der Waals surface area contributed by atoms with E-state index in [1.807, 2.05) is 0 Å². The third kappa shape index (κ3) is 5.49. The molecule has 2 saturated heterocycles. The molecule has 198 valence electrons. The fourth-order valence-corrected chi connectivity index (χ4v) is 6.75. The highest BCUT2D eigenvalue weighted by Crippen LogP contribution is 2.34. The SMILES string of the molecule is CCCC(C)N1CCN(C(=O)c2[nH]c3ccccc3c2CN2CCC(c3c(C)cccc3C)CC2)CC1. The van der Waals surface area contributed by atoms with Gasteiger partial charge in [-0.1, -0.05) is 49.7 Å². The van der Waals surface area contributed by atoms with Crippen LogP contribution in [0.15, 0.2) is 42.5 Å². The van der Waals surface area contributed by atoms with Gasteiger partial charge in [0.1, 0.15) is 5.69 Å². The van der Waals surface area contributed by atoms with Crippen molar-refractivity contribution in [1.29, 1.82) is 0 Å². The average Bonchev–Trinajstić information content (AvgIpc) is 3.27. The number of carbonyl (C=O) groups excluding carboxylic acids is 1. The first-order valence-corrected chi connectivity index (χ1v) is 14.4. The van der Waals surface area contributed by atoms with E-state index >= 15 is 0 Å². The zero-order valence-electron chi connectivity index (χ0n) is 23.2. The van der Waals surface area contributed by atoms with Crippen LogP contribution in [0.2, 0.25) is 0 Å². The number of nitrogens with zero attached hydrogens (tertiary/aromatic N) is 3. The molecule has 1 amide bonds. The van der Waals surface area contributed by atoms with Gasteiger partial charge in [0.15, 0.2) is 0 Å². The predicted molar refractivity (Wildman–Crippen MR) is 153 cm³/mol. The second kappa shape index (κ2) is 11.4. The lowest BCUT2D eigenvalue weighted by atomic mass is 9.84. The highest BCUT2D eigenvalue weighted by molar-refractivity contribution is 6.01. The van der Waals surface area contributed by atoms with Crippen molar-refractivity contribution in [2.24, 2.45) is 0 Å². The summed E-state index contributed by atoms with van der Waals surface area (Å²) in [6.07, 6.45) is 4.78. The monoisotopic (exact) mass is 500 g/mol. The van der Waals surface area contributed by atoms with Crippen molar-refractivity contribution in [3.05, 3.63) is 70.4 Å². The molecule has 5 heteroatoms. The molecule has 2 aliphatic heterocycles. The smallest absolute Gasteiger partial charge is 0.270 e. The van der Waals surface area contributed by atoms with E-state index in [1.54, 1.807) is 5.56 Å². The van der Waals surface area contributed by atoms with Crippen molar-refractivity contribution in [1.82, 2.24) is 19.7 Å². The number of H-pyrrole nitrogens is 1. The number of aromatic nitrogens is 1. The summed E-state index contributed by atoms with van der Waals surface area (Å²) in [6, 6.07) is 15.7. The molecule has 1 atom stereocenters. The van der Waals surface area contributed by atoms with Gasteiger partial charge < -0.3 is 9.88 Å². The fraction of sp³-hybridized carbons (Fsp3) is 0.531. The normalized spacial score (nSPS) is 19.0. The largest absolute Gasteiger partial charge is 0.350 e. The third-order valence-electron chi connectivity index (χ3n) is 8.88. The predicted octanol–water partition coefficient (Wildman–Crippen LogP) is 6.11. The minimum Gasteiger partial charge on any atom is -0.350 e. The second-order valence-electron chi connectivity index (χ2n) is 11.3. The summed E-state index contributed by atoms with van der Waals surface area (Å²) in [7, 11) is 0. The Bertz CT molecular complexity index is 1190. The quantitative estimate of drug-likeness (QED) is 0.426. The van der Waals surface area contributed by atoms with Crippen LogP contribution in [-0.4, -0.2) is 70.9 Å². The molecule has 1 aromatic heterocycles. The summed E-state index contributed by atoms with van der Waals surface area (Å²) < 4.78 is 0. The second-order valence-corrected chi connectivity index (χ2v) is 11.3. The molecule has 0 spiro atoms. The molecule has 0 bridgehead atoms. The van der Waals surface area contributed by atoms with Gasteiger partial charge in [-0.05, 0) is 81.8 Å². The summed E-state index contributed by atoms with van der Waals surface area (Å²) in [4.78, 5) is 24.5. The lowest BCUT2D eigenvalue weighted by Crippen LogP contribution is -2.51. The standard InChI is InChI=1S/C32H44N4O/c1-5-9-25(4)35-18-20-36(21-19-35)32(37)31-28(27-12-6-7-13-29(27)33-31)22-34-16-14-26(15-17-34)30-23(2)10-8-11-24(30)3/h6-8,10-13,25-26,33H,5,9,14-22H2,1-4H3. The number of rotatable bonds is 7. The van der Waals surface area contributed by atoms with Gasteiger partial charge in [0.25, 0.3) is 5.91 Å². The van der Waals surface area contributed by atoms with Gasteiger partial charge in [-0.15, -0.1) is 0 Å². The number of hydrogen-bond donors (Lipinski definition) is 1. The first-order valence-electron chi connectivity index (χ1n) is 14.4. The van der Waals surface area contributed by atoms with Crippen LogP contribution < -0.4 is 0 Å². The minimum atomic E-state index is 0.166. The molecule has 0 aliphatic carbocycles. The summed E-state index contributed by atoms with van der Waals surface area (Å²) in [5.41, 5.74) is 7.44. The van der Waals surface area contributed by atoms with E-state index in [2.05, 4.69) is 89.8 Å². The summed E-state index contributed by atoms with van der Waals surface area (Å²) >= 11 is 0. The number of aromatic amines is 1. The number of hydrogen-bond acceptors (Lipinski definition) is 3. The molecule has 5 nitrogen and oxygen atoms in total. The number of carbonyl (C=O) groups is 1. The Balaban J connectivity index is 1.30. The molecule has 0 saturated carbocycles. The highest BCUT2D eigenvalue weighted by Gasteiger charge is 2.29. The Kier molecular flexibility index (Phi) is 8.01. The van der Waals surface area contributed by atoms with Crippen LogP contribution in [0.5, 0.6) is 0 Å². The zero-order chi connectivity index (χ0) is 25.9. The zero-order valence-corrected chi connectivity index (χ0v) is 23.2. The van der Waals surface area contributed by atoms with E-state index < -0.39 is 0 Å².